The summed E-state index contributed by atoms with van der Waals surface area (Å²) in [5, 5.41) is 12.8. The molecule has 2 aromatic carbocycles. The molecule has 0 heterocycles. The van der Waals surface area contributed by atoms with Gasteiger partial charge in [0, 0.05) is 6.54 Å². The summed E-state index contributed by atoms with van der Waals surface area (Å²) in [5.74, 6) is -0.437. The largest absolute Gasteiger partial charge is 0.452 e. The standard InChI is InChI=1S/C39H57N5O12/c1-36(2,3)54-32(47)41-24-39(25-42-33(48)55-37(4,5)6,26-43-34(49)56-38(7,8)9)53-30(45)29(44-35(50)52-28-20-14-11-15-21-28)22-16-17-23-40-31(46)51-27-18-12-10-13-19-27/h10-15,18-21,29H,16-17,22-26H2,1-9H3,(H,40,46)(H,41,47)(H,42,48)(H,43,49)(H,44,50). The van der Waals surface area contributed by atoms with Crippen LogP contribution in [0.2, 0.25) is 0 Å². The number of para-hydroxylation sites is 2. The van der Waals surface area contributed by atoms with E-state index in [9.17, 15) is 28.8 Å². The van der Waals surface area contributed by atoms with Crippen molar-refractivity contribution in [3.05, 3.63) is 60.7 Å². The van der Waals surface area contributed by atoms with Crippen LogP contribution >= 0.6 is 0 Å². The first kappa shape index (κ1) is 46.4. The van der Waals surface area contributed by atoms with E-state index in [1.165, 1.54) is 0 Å². The van der Waals surface area contributed by atoms with Crippen molar-refractivity contribution in [1.29, 1.82) is 0 Å². The average Bonchev–Trinajstić information content (AvgIpc) is 3.07. The molecule has 0 fully saturated rings. The van der Waals surface area contributed by atoms with Crippen molar-refractivity contribution < 1.29 is 57.2 Å². The Morgan fingerprint density at radius 2 is 0.893 bits per heavy atom. The van der Waals surface area contributed by atoms with Crippen LogP contribution in [0.25, 0.3) is 0 Å². The first-order valence-corrected chi connectivity index (χ1v) is 18.2. The molecule has 0 aliphatic carbocycles. The van der Waals surface area contributed by atoms with Gasteiger partial charge in [-0.3, -0.25) is 0 Å². The summed E-state index contributed by atoms with van der Waals surface area (Å²) in [5.41, 5.74) is -4.59. The molecule has 0 saturated heterocycles. The number of carbonyl (C=O) groups is 6. The minimum atomic E-state index is -1.91. The first-order valence-electron chi connectivity index (χ1n) is 18.2. The fraction of sp³-hybridized carbons (Fsp3) is 0.538. The highest BCUT2D eigenvalue weighted by Gasteiger charge is 2.40. The van der Waals surface area contributed by atoms with Gasteiger partial charge in [-0.2, -0.15) is 0 Å². The number of ether oxygens (including phenoxy) is 6. The second kappa shape index (κ2) is 21.4. The predicted molar refractivity (Wildman–Crippen MR) is 205 cm³/mol. The number of hydrogen-bond donors (Lipinski definition) is 5. The zero-order chi connectivity index (χ0) is 42.0. The smallest absolute Gasteiger partial charge is 0.413 e. The highest BCUT2D eigenvalue weighted by molar-refractivity contribution is 5.82. The lowest BCUT2D eigenvalue weighted by atomic mass is 10.0. The third kappa shape index (κ3) is 20.6. The zero-order valence-electron chi connectivity index (χ0n) is 33.7. The minimum Gasteiger partial charge on any atom is -0.452 e. The van der Waals surface area contributed by atoms with Gasteiger partial charge in [-0.1, -0.05) is 36.4 Å². The van der Waals surface area contributed by atoms with Crippen molar-refractivity contribution in [1.82, 2.24) is 26.6 Å². The minimum absolute atomic E-state index is 0.00724. The van der Waals surface area contributed by atoms with Gasteiger partial charge in [0.05, 0.1) is 19.6 Å². The van der Waals surface area contributed by atoms with Gasteiger partial charge in [-0.25, -0.2) is 28.8 Å². The number of alkyl carbamates (subject to hydrolysis) is 3. The Hall–Kier alpha value is -5.74. The predicted octanol–water partition coefficient (Wildman–Crippen LogP) is 5.96. The normalized spacial score (nSPS) is 12.2. The van der Waals surface area contributed by atoms with E-state index in [1.807, 2.05) is 0 Å². The lowest BCUT2D eigenvalue weighted by molar-refractivity contribution is -0.161. The molecule has 0 spiro atoms. The van der Waals surface area contributed by atoms with Gasteiger partial charge in [-0.05, 0) is 106 Å². The molecule has 0 saturated carbocycles. The van der Waals surface area contributed by atoms with Crippen LogP contribution in [0.15, 0.2) is 60.7 Å². The van der Waals surface area contributed by atoms with Gasteiger partial charge >= 0.3 is 36.4 Å². The molecule has 1 unspecified atom stereocenters. The van der Waals surface area contributed by atoms with E-state index in [2.05, 4.69) is 26.6 Å². The van der Waals surface area contributed by atoms with Crippen LogP contribution in [0, 0.1) is 0 Å². The molecule has 0 aromatic heterocycles. The Balaban J connectivity index is 2.37. The van der Waals surface area contributed by atoms with Crippen molar-refractivity contribution in [2.24, 2.45) is 0 Å². The van der Waals surface area contributed by atoms with Crippen molar-refractivity contribution >= 4 is 36.4 Å². The molecule has 5 N–H and O–H groups in total. The maximum Gasteiger partial charge on any atom is 0.413 e. The van der Waals surface area contributed by atoms with Crippen LogP contribution < -0.4 is 36.1 Å². The SMILES string of the molecule is CC(C)(C)OC(=O)NCC(CNC(=O)OC(C)(C)C)(CNC(=O)OC(C)(C)C)OC(=O)C(CCCCNC(=O)Oc1ccccc1)NC(=O)Oc1ccccc1. The molecule has 0 bridgehead atoms. The Labute approximate surface area is 328 Å². The van der Waals surface area contributed by atoms with Crippen molar-refractivity contribution in [2.75, 3.05) is 26.2 Å². The van der Waals surface area contributed by atoms with Gasteiger partial charge < -0.3 is 55.0 Å². The number of carbonyl (C=O) groups excluding carboxylic acids is 6. The van der Waals surface area contributed by atoms with E-state index < -0.39 is 84.5 Å². The molecule has 2 aromatic rings. The third-order valence-corrected chi connectivity index (χ3v) is 6.85. The number of benzene rings is 2. The summed E-state index contributed by atoms with van der Waals surface area (Å²) >= 11 is 0. The highest BCUT2D eigenvalue weighted by Crippen LogP contribution is 2.17. The lowest BCUT2D eigenvalue weighted by Gasteiger charge is -2.36. The van der Waals surface area contributed by atoms with Gasteiger partial charge in [0.25, 0.3) is 0 Å². The van der Waals surface area contributed by atoms with E-state index in [1.54, 1.807) is 123 Å². The van der Waals surface area contributed by atoms with E-state index >= 15 is 0 Å². The van der Waals surface area contributed by atoms with Crippen molar-refractivity contribution in [2.45, 2.75) is 110 Å². The number of rotatable bonds is 16. The Morgan fingerprint density at radius 1 is 0.500 bits per heavy atom. The van der Waals surface area contributed by atoms with E-state index in [0.29, 0.717) is 12.2 Å². The van der Waals surface area contributed by atoms with Crippen LogP contribution in [0.5, 0.6) is 11.5 Å². The maximum absolute atomic E-state index is 14.1. The van der Waals surface area contributed by atoms with E-state index in [-0.39, 0.29) is 25.1 Å². The van der Waals surface area contributed by atoms with Crippen LogP contribution in [-0.2, 0) is 23.7 Å². The molecule has 0 aliphatic heterocycles. The fourth-order valence-corrected chi connectivity index (χ4v) is 4.53. The summed E-state index contributed by atoms with van der Waals surface area (Å²) in [4.78, 5) is 78.0. The topological polar surface area (TPSA) is 218 Å². The number of esters is 1. The average molecular weight is 788 g/mol. The van der Waals surface area contributed by atoms with Crippen LogP contribution in [0.3, 0.4) is 0 Å². The Bertz CT molecular complexity index is 1510. The van der Waals surface area contributed by atoms with Gasteiger partial charge in [0.1, 0.15) is 34.3 Å². The number of hydrogen-bond acceptors (Lipinski definition) is 12. The summed E-state index contributed by atoms with van der Waals surface area (Å²) in [6.07, 6.45) is -3.66. The first-order chi connectivity index (χ1) is 26.0. The second-order valence-corrected chi connectivity index (χ2v) is 15.7. The number of amides is 5. The lowest BCUT2D eigenvalue weighted by Crippen LogP contribution is -2.61. The molecule has 0 radical (unpaired) electrons. The molecule has 0 aliphatic rings. The van der Waals surface area contributed by atoms with E-state index in [0.717, 1.165) is 0 Å². The van der Waals surface area contributed by atoms with Crippen molar-refractivity contribution in [3.63, 3.8) is 0 Å². The summed E-state index contributed by atoms with van der Waals surface area (Å²) in [7, 11) is 0. The summed E-state index contributed by atoms with van der Waals surface area (Å²) < 4.78 is 32.8. The zero-order valence-corrected chi connectivity index (χ0v) is 33.7. The maximum atomic E-state index is 14.1. The van der Waals surface area contributed by atoms with Crippen LogP contribution in [0.1, 0.15) is 81.6 Å². The summed E-state index contributed by atoms with van der Waals surface area (Å²) in [6, 6.07) is 15.3. The van der Waals surface area contributed by atoms with Crippen LogP contribution in [0.4, 0.5) is 24.0 Å². The highest BCUT2D eigenvalue weighted by atomic mass is 16.6. The molecular formula is C39H57N5O12. The van der Waals surface area contributed by atoms with Crippen LogP contribution in [-0.4, -0.2) is 91.1 Å². The molecule has 2 rings (SSSR count). The van der Waals surface area contributed by atoms with E-state index in [4.69, 9.17) is 28.4 Å². The third-order valence-electron chi connectivity index (χ3n) is 6.85. The molecule has 310 valence electrons. The monoisotopic (exact) mass is 787 g/mol. The molecule has 56 heavy (non-hydrogen) atoms. The van der Waals surface area contributed by atoms with Gasteiger partial charge in [0.2, 0.25) is 0 Å². The molecule has 17 nitrogen and oxygen atoms in total. The molecule has 17 heteroatoms. The summed E-state index contributed by atoms with van der Waals surface area (Å²) in [6.45, 7) is 13.6. The molecular weight excluding hydrogens is 730 g/mol. The number of unbranched alkanes of at least 4 members (excludes halogenated alkanes) is 1. The van der Waals surface area contributed by atoms with Gasteiger partial charge in [0.15, 0.2) is 5.60 Å². The Morgan fingerprint density at radius 3 is 1.29 bits per heavy atom. The Kier molecular flexibility index (Phi) is 17.7. The quantitative estimate of drug-likeness (QED) is 0.0757. The molecule has 1 atom stereocenters. The molecule has 5 amide bonds. The second-order valence-electron chi connectivity index (χ2n) is 15.7. The van der Waals surface area contributed by atoms with Crippen molar-refractivity contribution in [3.8, 4) is 11.5 Å². The van der Waals surface area contributed by atoms with Gasteiger partial charge in [-0.15, -0.1) is 0 Å². The fourth-order valence-electron chi connectivity index (χ4n) is 4.53. The number of nitrogens with one attached hydrogen (secondary N) is 5.